The second kappa shape index (κ2) is 7.47. The van der Waals surface area contributed by atoms with Crippen LogP contribution < -0.4 is 0 Å². The van der Waals surface area contributed by atoms with E-state index in [0.717, 1.165) is 6.42 Å². The van der Waals surface area contributed by atoms with Crippen LogP contribution in [-0.2, 0) is 32.3 Å². The molecule has 1 atom stereocenters. The fourth-order valence-corrected chi connectivity index (χ4v) is 2.29. The van der Waals surface area contributed by atoms with Gasteiger partial charge in [-0.15, -0.1) is 71.9 Å². The predicted molar refractivity (Wildman–Crippen MR) is 77.2 cm³/mol. The van der Waals surface area contributed by atoms with E-state index >= 15 is 0 Å². The molecule has 94 valence electrons. The van der Waals surface area contributed by atoms with Gasteiger partial charge in [0.1, 0.15) is 0 Å². The number of hydrogen-bond donors (Lipinski definition) is 0. The van der Waals surface area contributed by atoms with Crippen LogP contribution in [-0.4, -0.2) is 0 Å². The maximum atomic E-state index is 3.49. The predicted octanol–water partition coefficient (Wildman–Crippen LogP) is 4.39. The molecule has 0 aliphatic heterocycles. The largest absolute Gasteiger partial charge is 0.147 e. The Kier molecular flexibility index (Phi) is 7.43. The zero-order chi connectivity index (χ0) is 10.3. The summed E-state index contributed by atoms with van der Waals surface area (Å²) < 4.78 is 0. The normalized spacial score (nSPS) is 17.6. The monoisotopic (exact) mass is 445 g/mol. The molecule has 0 bridgehead atoms. The molecule has 2 aliphatic carbocycles. The molecule has 3 rings (SSSR count). The number of allylic oxidation sites excluding steroid dienone is 5. The first kappa shape index (κ1) is 17.9. The fourth-order valence-electron chi connectivity index (χ4n) is 2.29. The summed E-state index contributed by atoms with van der Waals surface area (Å²) in [6.45, 7) is 2.19. The molecular formula is C15H15Cl2Hf-. The molecule has 0 saturated heterocycles. The Balaban J connectivity index is 0.000000963. The van der Waals surface area contributed by atoms with Crippen LogP contribution in [0.25, 0.3) is 0 Å². The Labute approximate surface area is 140 Å². The summed E-state index contributed by atoms with van der Waals surface area (Å²) >= 11 is 0. The number of hydrogen-bond acceptors (Lipinski definition) is 0. The van der Waals surface area contributed by atoms with Gasteiger partial charge >= 0.3 is 0 Å². The van der Waals surface area contributed by atoms with Gasteiger partial charge < -0.3 is 0 Å². The van der Waals surface area contributed by atoms with Crippen LogP contribution in [0.3, 0.4) is 0 Å². The van der Waals surface area contributed by atoms with Crippen molar-refractivity contribution in [1.29, 1.82) is 0 Å². The number of rotatable bonds is 1. The molecule has 0 amide bonds. The van der Waals surface area contributed by atoms with Gasteiger partial charge in [0.25, 0.3) is 0 Å². The number of benzene rings is 1. The van der Waals surface area contributed by atoms with Crippen molar-refractivity contribution in [3.05, 3.63) is 70.8 Å². The zero-order valence-corrected chi connectivity index (χ0v) is 15.4. The van der Waals surface area contributed by atoms with Gasteiger partial charge in [-0.1, -0.05) is 30.7 Å². The quantitative estimate of drug-likeness (QED) is 0.445. The van der Waals surface area contributed by atoms with Crippen molar-refractivity contribution in [3.8, 4) is 0 Å². The third-order valence-electron chi connectivity index (χ3n) is 3.17. The summed E-state index contributed by atoms with van der Waals surface area (Å²) in [6, 6.07) is 6.75. The Morgan fingerprint density at radius 1 is 1.17 bits per heavy atom. The number of fused-ring (bicyclic) bond motifs is 3. The van der Waals surface area contributed by atoms with Gasteiger partial charge in [-0.3, -0.25) is 0 Å². The van der Waals surface area contributed by atoms with E-state index in [0.29, 0.717) is 5.92 Å². The Morgan fingerprint density at radius 3 is 2.67 bits per heavy atom. The van der Waals surface area contributed by atoms with Crippen molar-refractivity contribution in [2.24, 2.45) is 0 Å². The van der Waals surface area contributed by atoms with Crippen LogP contribution >= 0.6 is 24.8 Å². The van der Waals surface area contributed by atoms with E-state index in [-0.39, 0.29) is 50.7 Å². The molecule has 0 N–H and O–H groups in total. The summed E-state index contributed by atoms with van der Waals surface area (Å²) in [5.41, 5.74) is 5.39. The third kappa shape index (κ3) is 3.07. The van der Waals surface area contributed by atoms with E-state index in [2.05, 4.69) is 55.5 Å². The van der Waals surface area contributed by atoms with Crippen LogP contribution in [0.1, 0.15) is 29.5 Å². The van der Waals surface area contributed by atoms with Crippen LogP contribution in [0, 0.1) is 6.08 Å². The molecule has 0 radical (unpaired) electrons. The van der Waals surface area contributed by atoms with Gasteiger partial charge in [-0.2, -0.15) is 0 Å². The molecule has 0 nitrogen and oxygen atoms in total. The van der Waals surface area contributed by atoms with Crippen molar-refractivity contribution in [3.63, 3.8) is 0 Å². The van der Waals surface area contributed by atoms with Gasteiger partial charge in [0.05, 0.1) is 0 Å². The first-order chi connectivity index (χ1) is 7.38. The molecule has 1 aromatic rings. The van der Waals surface area contributed by atoms with E-state index in [1.165, 1.54) is 22.3 Å². The van der Waals surface area contributed by atoms with Gasteiger partial charge in [0.15, 0.2) is 0 Å². The molecule has 0 fully saturated rings. The van der Waals surface area contributed by atoms with Crippen molar-refractivity contribution in [2.75, 3.05) is 0 Å². The second-order valence-electron chi connectivity index (χ2n) is 4.08. The Morgan fingerprint density at radius 2 is 1.94 bits per heavy atom. The Bertz CT molecular complexity index is 501. The van der Waals surface area contributed by atoms with Crippen molar-refractivity contribution >= 4 is 24.8 Å². The maximum Gasteiger partial charge on any atom is 0 e. The third-order valence-corrected chi connectivity index (χ3v) is 3.17. The maximum absolute atomic E-state index is 3.49. The Hall–Kier alpha value is -0.110. The zero-order valence-electron chi connectivity index (χ0n) is 10.1. The molecular weight excluding hydrogens is 430 g/mol. The summed E-state index contributed by atoms with van der Waals surface area (Å²) in [6.07, 6.45) is 13.2. The number of aryl methyl sites for hydroxylation is 1. The summed E-state index contributed by atoms with van der Waals surface area (Å²) in [7, 11) is 0. The molecule has 3 heteroatoms. The first-order valence-corrected chi connectivity index (χ1v) is 5.50. The molecule has 18 heavy (non-hydrogen) atoms. The molecule has 1 unspecified atom stereocenters. The van der Waals surface area contributed by atoms with Gasteiger partial charge in [-0.25, -0.2) is 0 Å². The number of halogens is 2. The molecule has 0 spiro atoms. The van der Waals surface area contributed by atoms with Crippen molar-refractivity contribution in [1.82, 2.24) is 0 Å². The van der Waals surface area contributed by atoms with Gasteiger partial charge in [0.2, 0.25) is 0 Å². The summed E-state index contributed by atoms with van der Waals surface area (Å²) in [5.74, 6) is 0.455. The minimum absolute atomic E-state index is 0. The molecule has 0 aromatic heterocycles. The topological polar surface area (TPSA) is 0 Å². The molecule has 2 aliphatic rings. The standard InChI is InChI=1S/C15H13.2ClH.Hf/c1-2-11-7-8-15-13(9-11)10-12-5-3-4-6-14(12)15;;;/h3-9,14H,2H2,1H3;2*1H;/q-1;;;. The van der Waals surface area contributed by atoms with Crippen LogP contribution in [0.4, 0.5) is 0 Å². The molecule has 0 heterocycles. The van der Waals surface area contributed by atoms with E-state index < -0.39 is 0 Å². The van der Waals surface area contributed by atoms with E-state index in [4.69, 9.17) is 0 Å². The molecule has 0 saturated carbocycles. The van der Waals surface area contributed by atoms with Crippen molar-refractivity contribution in [2.45, 2.75) is 19.3 Å². The van der Waals surface area contributed by atoms with E-state index in [1.807, 2.05) is 0 Å². The SMILES string of the molecule is CCc1ccc2c(c1)[C-]=C1C=CC=CC12.Cl.Cl.[Hf]. The first-order valence-electron chi connectivity index (χ1n) is 5.50. The average molecular weight is 445 g/mol. The fraction of sp³-hybridized carbons (Fsp3) is 0.200. The second-order valence-corrected chi connectivity index (χ2v) is 4.08. The van der Waals surface area contributed by atoms with Crippen LogP contribution in [0.2, 0.25) is 0 Å². The van der Waals surface area contributed by atoms with Gasteiger partial charge in [0, 0.05) is 25.8 Å². The average Bonchev–Trinajstić information content (AvgIpc) is 2.66. The smallest absolute Gasteiger partial charge is 0 e. The van der Waals surface area contributed by atoms with Gasteiger partial charge in [-0.05, 0) is 12.3 Å². The molecule has 1 aromatic carbocycles. The summed E-state index contributed by atoms with van der Waals surface area (Å²) in [5, 5.41) is 0. The minimum Gasteiger partial charge on any atom is -0.147 e. The van der Waals surface area contributed by atoms with Crippen LogP contribution in [0.5, 0.6) is 0 Å². The summed E-state index contributed by atoms with van der Waals surface area (Å²) in [4.78, 5) is 0. The minimum atomic E-state index is 0. The van der Waals surface area contributed by atoms with E-state index in [9.17, 15) is 0 Å². The van der Waals surface area contributed by atoms with Crippen LogP contribution in [0.15, 0.2) is 48.1 Å². The van der Waals surface area contributed by atoms with Crippen molar-refractivity contribution < 1.29 is 25.8 Å². The van der Waals surface area contributed by atoms with E-state index in [1.54, 1.807) is 0 Å².